The molecule has 0 fully saturated rings. The third-order valence-electron chi connectivity index (χ3n) is 1.46. The lowest BCUT2D eigenvalue weighted by Gasteiger charge is -1.95. The summed E-state index contributed by atoms with van der Waals surface area (Å²) in [6.07, 6.45) is 4.60. The van der Waals surface area contributed by atoms with Crippen molar-refractivity contribution in [2.45, 2.75) is 18.4 Å². The average Bonchev–Trinajstić information content (AvgIpc) is 2.41. The van der Waals surface area contributed by atoms with E-state index in [1.807, 2.05) is 11.0 Å². The zero-order chi connectivity index (χ0) is 7.23. The predicted octanol–water partition coefficient (Wildman–Crippen LogP) is -1.00. The van der Waals surface area contributed by atoms with Gasteiger partial charge in [0, 0.05) is 25.2 Å². The molecule has 0 amide bonds. The summed E-state index contributed by atoms with van der Waals surface area (Å²) in [7, 11) is 0.479. The van der Waals surface area contributed by atoms with Crippen molar-refractivity contribution in [2.75, 3.05) is 0 Å². The molecule has 0 aliphatic carbocycles. The van der Waals surface area contributed by atoms with Crippen molar-refractivity contribution >= 4 is 19.0 Å². The summed E-state index contributed by atoms with van der Waals surface area (Å²) in [5, 5.41) is 4.04. The van der Waals surface area contributed by atoms with E-state index >= 15 is 0 Å². The van der Waals surface area contributed by atoms with Crippen LogP contribution in [0, 0.1) is 0 Å². The normalized spacial score (nSPS) is 12.5. The maximum atomic E-state index is 4.04. The van der Waals surface area contributed by atoms with Crippen LogP contribution in [-0.2, 0) is 6.17 Å². The lowest BCUT2D eigenvalue weighted by atomic mass is 11.2. The molecule has 5 heteroatoms. The molecule has 10 heavy (non-hydrogen) atoms. The van der Waals surface area contributed by atoms with Crippen LogP contribution in [0.1, 0.15) is 0 Å². The van der Waals surface area contributed by atoms with Crippen LogP contribution in [0.3, 0.4) is 0 Å². The van der Waals surface area contributed by atoms with Gasteiger partial charge in [0.05, 0.1) is 0 Å². The van der Waals surface area contributed by atoms with Crippen molar-refractivity contribution in [3.8, 4) is 0 Å². The Kier molecular flexibility index (Phi) is 3.38. The van der Waals surface area contributed by atoms with Crippen molar-refractivity contribution in [1.29, 1.82) is 0 Å². The molecule has 1 rings (SSSR count). The quantitative estimate of drug-likeness (QED) is 0.430. The van der Waals surface area contributed by atoms with Gasteiger partial charge >= 0.3 is 0 Å². The Balaban J connectivity index is 2.15. The van der Waals surface area contributed by atoms with Gasteiger partial charge in [-0.3, -0.25) is 4.68 Å². The molecule has 0 N–H and O–H groups in total. The van der Waals surface area contributed by atoms with Gasteiger partial charge in [0.25, 0.3) is 0 Å². The molecule has 0 radical (unpaired) electrons. The topological polar surface area (TPSA) is 30.7 Å². The molecular weight excluding hydrogens is 158 g/mol. The van der Waals surface area contributed by atoms with Crippen LogP contribution >= 0.6 is 0 Å². The first-order valence-corrected chi connectivity index (χ1v) is 8.17. The van der Waals surface area contributed by atoms with Gasteiger partial charge in [0.2, 0.25) is 0 Å². The van der Waals surface area contributed by atoms with Crippen LogP contribution in [0.15, 0.2) is 12.7 Å². The van der Waals surface area contributed by atoms with Crippen LogP contribution in [-0.4, -0.2) is 33.8 Å². The molecule has 0 bridgehead atoms. The minimum Gasteiger partial charge on any atom is -0.257 e. The smallest absolute Gasteiger partial charge is 0.137 e. The molecule has 1 heterocycles. The summed E-state index contributed by atoms with van der Waals surface area (Å²) in [5.41, 5.74) is 1.56. The van der Waals surface area contributed by atoms with E-state index in [2.05, 4.69) is 16.6 Å². The van der Waals surface area contributed by atoms with Gasteiger partial charge in [0.1, 0.15) is 12.7 Å². The van der Waals surface area contributed by atoms with Crippen LogP contribution in [0.2, 0.25) is 12.2 Å². The minimum absolute atomic E-state index is 0.165. The van der Waals surface area contributed by atoms with Gasteiger partial charge in [-0.15, -0.1) is 0 Å². The van der Waals surface area contributed by atoms with Crippen LogP contribution in [0.25, 0.3) is 0 Å². The zero-order valence-electron chi connectivity index (χ0n) is 6.32. The van der Waals surface area contributed by atoms with E-state index in [9.17, 15) is 0 Å². The van der Waals surface area contributed by atoms with Crippen LogP contribution < -0.4 is 0 Å². The highest BCUT2D eigenvalue weighted by molar-refractivity contribution is 6.54. The Morgan fingerprint density at radius 2 is 2.50 bits per heavy atom. The summed E-state index contributed by atoms with van der Waals surface area (Å²) in [4.78, 5) is 3.89. The lowest BCUT2D eigenvalue weighted by Crippen LogP contribution is -2.07. The first-order valence-electron chi connectivity index (χ1n) is 3.76. The molecule has 0 spiro atoms. The fourth-order valence-corrected chi connectivity index (χ4v) is 4.32. The third-order valence-corrected chi connectivity index (χ3v) is 7.06. The maximum absolute atomic E-state index is 4.04. The number of hydrogen-bond acceptors (Lipinski definition) is 2. The van der Waals surface area contributed by atoms with E-state index in [1.165, 1.54) is 6.17 Å². The minimum atomic E-state index is 0.165. The largest absolute Gasteiger partial charge is 0.257 e. The fourth-order valence-electron chi connectivity index (χ4n) is 0.872. The predicted molar refractivity (Wildman–Crippen MR) is 47.8 cm³/mol. The van der Waals surface area contributed by atoms with E-state index in [0.717, 1.165) is 0 Å². The van der Waals surface area contributed by atoms with E-state index in [4.69, 9.17) is 0 Å². The molecule has 1 aromatic rings. The van der Waals surface area contributed by atoms with E-state index < -0.39 is 0 Å². The summed E-state index contributed by atoms with van der Waals surface area (Å²) < 4.78 is 1.95. The highest BCUT2D eigenvalue weighted by atomic mass is 28.3. The van der Waals surface area contributed by atoms with Gasteiger partial charge in [-0.2, -0.15) is 5.10 Å². The monoisotopic (exact) mass is 171 g/mol. The van der Waals surface area contributed by atoms with E-state index in [0.29, 0.717) is 9.52 Å². The van der Waals surface area contributed by atoms with Gasteiger partial charge in [-0.05, 0) is 0 Å². The summed E-state index contributed by atoms with van der Waals surface area (Å²) in [6.45, 7) is 2.37. The van der Waals surface area contributed by atoms with Crippen LogP contribution in [0.5, 0.6) is 0 Å². The van der Waals surface area contributed by atoms with Crippen molar-refractivity contribution < 1.29 is 0 Å². The van der Waals surface area contributed by atoms with E-state index in [1.54, 1.807) is 12.0 Å². The molecule has 0 aliphatic rings. The van der Waals surface area contributed by atoms with Gasteiger partial charge < -0.3 is 0 Å². The number of aromatic nitrogens is 3. The maximum Gasteiger partial charge on any atom is 0.137 e. The van der Waals surface area contributed by atoms with Crippen molar-refractivity contribution in [1.82, 2.24) is 14.8 Å². The molecule has 0 saturated heterocycles. The molecule has 0 aliphatic heterocycles. The second kappa shape index (κ2) is 4.40. The molecular formula is C5H13N3Si2. The van der Waals surface area contributed by atoms with Gasteiger partial charge in [-0.1, -0.05) is 12.2 Å². The SMILES string of the molecule is C[SiH2]C[SiH2]Cn1cncn1. The molecule has 0 atom stereocenters. The zero-order valence-corrected chi connectivity index (χ0v) is 9.15. The van der Waals surface area contributed by atoms with Crippen molar-refractivity contribution in [3.63, 3.8) is 0 Å². The molecule has 0 unspecified atom stereocenters. The second-order valence-electron chi connectivity index (χ2n) is 2.37. The molecule has 0 aromatic carbocycles. The summed E-state index contributed by atoms with van der Waals surface area (Å²) in [6, 6.07) is 0. The fraction of sp³-hybridized carbons (Fsp3) is 0.600. The molecule has 1 aromatic heterocycles. The Hall–Kier alpha value is -0.426. The highest BCUT2D eigenvalue weighted by Gasteiger charge is 1.89. The average molecular weight is 171 g/mol. The molecule has 0 saturated carbocycles. The Labute approximate surface area is 65.5 Å². The highest BCUT2D eigenvalue weighted by Crippen LogP contribution is 1.81. The van der Waals surface area contributed by atoms with Crippen molar-refractivity contribution in [3.05, 3.63) is 12.7 Å². The Morgan fingerprint density at radius 1 is 1.60 bits per heavy atom. The van der Waals surface area contributed by atoms with E-state index in [-0.39, 0.29) is 9.52 Å². The van der Waals surface area contributed by atoms with Gasteiger partial charge in [0.15, 0.2) is 0 Å². The van der Waals surface area contributed by atoms with Crippen molar-refractivity contribution in [2.24, 2.45) is 0 Å². The molecule has 56 valence electrons. The number of rotatable bonds is 4. The third kappa shape index (κ3) is 2.44. The van der Waals surface area contributed by atoms with Gasteiger partial charge in [-0.25, -0.2) is 4.98 Å². The van der Waals surface area contributed by atoms with Crippen LogP contribution in [0.4, 0.5) is 0 Å². The summed E-state index contributed by atoms with van der Waals surface area (Å²) >= 11 is 0. The number of nitrogens with zero attached hydrogens (tertiary/aromatic N) is 3. The first-order chi connectivity index (χ1) is 4.93. The molecule has 3 nitrogen and oxygen atoms in total. The second-order valence-corrected chi connectivity index (χ2v) is 7.35. The standard InChI is InChI=1S/C5H13N3Si2/c1-9-5-10-4-8-3-6-2-7-8/h2-3H,4-5,9-10H2,1H3. The Morgan fingerprint density at radius 3 is 3.10 bits per heavy atom. The Bertz CT molecular complexity index is 163. The number of hydrogen-bond donors (Lipinski definition) is 0. The lowest BCUT2D eigenvalue weighted by molar-refractivity contribution is 0.736. The first kappa shape index (κ1) is 7.68. The summed E-state index contributed by atoms with van der Waals surface area (Å²) in [5.74, 6) is 0.